The first-order valence-corrected chi connectivity index (χ1v) is 13.0. The predicted molar refractivity (Wildman–Crippen MR) is 142 cm³/mol. The number of hydrogen-bond acceptors (Lipinski definition) is 4. The molecule has 0 heterocycles. The van der Waals surface area contributed by atoms with E-state index in [0.29, 0.717) is 12.0 Å². The Morgan fingerprint density at radius 2 is 1.78 bits per heavy atom. The largest absolute Gasteiger partial charge is 0.444 e. The van der Waals surface area contributed by atoms with Gasteiger partial charge in [0.25, 0.3) is 5.91 Å². The fourth-order valence-corrected chi connectivity index (χ4v) is 4.41. The SMILES string of the molecule is C#CN(C(=O)C(NC(=O)OC(C)(C)C)C(C)CC)C(C(=O)NC1CCCCC1)c1ccc(C)c(C)c1. The number of hydrogen-bond donors (Lipinski definition) is 2. The Labute approximate surface area is 216 Å². The van der Waals surface area contributed by atoms with Gasteiger partial charge in [-0.25, -0.2) is 4.79 Å². The molecule has 1 aliphatic rings. The van der Waals surface area contributed by atoms with E-state index in [1.54, 1.807) is 20.8 Å². The van der Waals surface area contributed by atoms with Crippen LogP contribution in [0.4, 0.5) is 4.79 Å². The molecule has 1 aromatic rings. The first kappa shape index (κ1) is 29.2. The van der Waals surface area contributed by atoms with Crippen molar-refractivity contribution in [3.05, 3.63) is 34.9 Å². The van der Waals surface area contributed by atoms with E-state index in [0.717, 1.165) is 48.1 Å². The van der Waals surface area contributed by atoms with Gasteiger partial charge in [0.2, 0.25) is 5.91 Å². The lowest BCUT2D eigenvalue weighted by Crippen LogP contribution is -2.54. The van der Waals surface area contributed by atoms with Crippen molar-refractivity contribution in [1.82, 2.24) is 15.5 Å². The molecule has 7 heteroatoms. The fourth-order valence-electron chi connectivity index (χ4n) is 4.41. The molecule has 1 saturated carbocycles. The van der Waals surface area contributed by atoms with Gasteiger partial charge >= 0.3 is 6.09 Å². The summed E-state index contributed by atoms with van der Waals surface area (Å²) in [7, 11) is 0. The van der Waals surface area contributed by atoms with E-state index in [1.807, 2.05) is 45.9 Å². The van der Waals surface area contributed by atoms with Crippen molar-refractivity contribution in [2.45, 2.75) is 111 Å². The zero-order valence-corrected chi connectivity index (χ0v) is 22.9. The molecule has 2 rings (SSSR count). The van der Waals surface area contributed by atoms with Crippen molar-refractivity contribution in [2.75, 3.05) is 0 Å². The third kappa shape index (κ3) is 8.01. The summed E-state index contributed by atoms with van der Waals surface area (Å²) < 4.78 is 5.40. The molecule has 1 aliphatic carbocycles. The van der Waals surface area contributed by atoms with Crippen LogP contribution in [0.2, 0.25) is 0 Å². The molecule has 1 aromatic carbocycles. The number of nitrogens with one attached hydrogen (secondary N) is 2. The van der Waals surface area contributed by atoms with Gasteiger partial charge in [0, 0.05) is 12.1 Å². The van der Waals surface area contributed by atoms with Gasteiger partial charge in [0.05, 0.1) is 0 Å². The van der Waals surface area contributed by atoms with Crippen molar-refractivity contribution in [3.63, 3.8) is 0 Å². The van der Waals surface area contributed by atoms with E-state index in [4.69, 9.17) is 11.2 Å². The van der Waals surface area contributed by atoms with E-state index in [9.17, 15) is 14.4 Å². The number of nitrogens with zero attached hydrogens (tertiary/aromatic N) is 1. The summed E-state index contributed by atoms with van der Waals surface area (Å²) in [6.45, 7) is 13.0. The highest BCUT2D eigenvalue weighted by Gasteiger charge is 2.38. The van der Waals surface area contributed by atoms with Gasteiger partial charge in [-0.05, 0) is 70.1 Å². The number of carbonyl (C=O) groups excluding carboxylic acids is 3. The molecule has 198 valence electrons. The average molecular weight is 498 g/mol. The fraction of sp³-hybridized carbons (Fsp3) is 0.621. The summed E-state index contributed by atoms with van der Waals surface area (Å²) in [5.74, 6) is -1.06. The maximum atomic E-state index is 13.9. The Bertz CT molecular complexity index is 970. The van der Waals surface area contributed by atoms with Crippen molar-refractivity contribution >= 4 is 17.9 Å². The minimum absolute atomic E-state index is 0.0558. The molecule has 1 fully saturated rings. The maximum Gasteiger partial charge on any atom is 0.408 e. The Morgan fingerprint density at radius 1 is 1.14 bits per heavy atom. The lowest BCUT2D eigenvalue weighted by molar-refractivity contribution is -0.139. The number of alkyl carbamates (subject to hydrolysis) is 1. The zero-order valence-electron chi connectivity index (χ0n) is 22.9. The predicted octanol–water partition coefficient (Wildman–Crippen LogP) is 5.15. The standard InChI is InChI=1S/C29H43N3O4/c1-9-19(3)24(31-28(35)36-29(6,7)8)27(34)32(10-2)25(22-17-16-20(4)21(5)18-22)26(33)30-23-14-12-11-13-15-23/h2,16-19,23-25H,9,11-15H2,1,3-8H3,(H,30,33)(H,31,35). The van der Waals surface area contributed by atoms with Gasteiger partial charge in [0.15, 0.2) is 0 Å². The molecule has 0 radical (unpaired) electrons. The molecule has 36 heavy (non-hydrogen) atoms. The normalized spacial score (nSPS) is 16.7. The number of terminal acetylenes is 1. The van der Waals surface area contributed by atoms with Crippen LogP contribution in [0.5, 0.6) is 0 Å². The van der Waals surface area contributed by atoms with Gasteiger partial charge < -0.3 is 15.4 Å². The lowest BCUT2D eigenvalue weighted by Gasteiger charge is -2.33. The molecule has 3 atom stereocenters. The average Bonchev–Trinajstić information content (AvgIpc) is 2.81. The van der Waals surface area contributed by atoms with Crippen LogP contribution in [-0.4, -0.2) is 40.5 Å². The topological polar surface area (TPSA) is 87.7 Å². The summed E-state index contributed by atoms with van der Waals surface area (Å²) in [4.78, 5) is 41.3. The number of benzene rings is 1. The van der Waals surface area contributed by atoms with E-state index < -0.39 is 29.7 Å². The Balaban J connectivity index is 2.44. The summed E-state index contributed by atoms with van der Waals surface area (Å²) >= 11 is 0. The first-order chi connectivity index (χ1) is 16.9. The second-order valence-electron chi connectivity index (χ2n) is 10.9. The minimum Gasteiger partial charge on any atom is -0.444 e. The number of amides is 3. The molecule has 0 aliphatic heterocycles. The maximum absolute atomic E-state index is 13.9. The Morgan fingerprint density at radius 3 is 2.31 bits per heavy atom. The third-order valence-electron chi connectivity index (χ3n) is 6.83. The summed E-state index contributed by atoms with van der Waals surface area (Å²) in [6, 6.07) is 6.22. The van der Waals surface area contributed by atoms with Crippen molar-refractivity contribution in [1.29, 1.82) is 0 Å². The third-order valence-corrected chi connectivity index (χ3v) is 6.83. The highest BCUT2D eigenvalue weighted by molar-refractivity contribution is 5.93. The van der Waals surface area contributed by atoms with Crippen LogP contribution in [0.15, 0.2) is 18.2 Å². The smallest absolute Gasteiger partial charge is 0.408 e. The van der Waals surface area contributed by atoms with Crippen LogP contribution >= 0.6 is 0 Å². The minimum atomic E-state index is -1.02. The summed E-state index contributed by atoms with van der Waals surface area (Å²) in [6.07, 6.45) is 10.9. The van der Waals surface area contributed by atoms with Crippen molar-refractivity contribution < 1.29 is 19.1 Å². The molecule has 0 saturated heterocycles. The highest BCUT2D eigenvalue weighted by atomic mass is 16.6. The molecule has 0 aromatic heterocycles. The van der Waals surface area contributed by atoms with Crippen LogP contribution in [0.3, 0.4) is 0 Å². The van der Waals surface area contributed by atoms with Gasteiger partial charge in [-0.2, -0.15) is 0 Å². The molecule has 3 unspecified atom stereocenters. The van der Waals surface area contributed by atoms with E-state index in [1.165, 1.54) is 0 Å². The number of rotatable bonds is 8. The molecule has 3 amide bonds. The Kier molecular flexibility index (Phi) is 10.4. The van der Waals surface area contributed by atoms with Gasteiger partial charge in [-0.15, -0.1) is 0 Å². The van der Waals surface area contributed by atoms with E-state index in [-0.39, 0.29) is 17.9 Å². The van der Waals surface area contributed by atoms with E-state index >= 15 is 0 Å². The summed E-state index contributed by atoms with van der Waals surface area (Å²) in [5.41, 5.74) is 1.99. The van der Waals surface area contributed by atoms with Gasteiger partial charge in [0.1, 0.15) is 17.7 Å². The molecule has 7 nitrogen and oxygen atoms in total. The van der Waals surface area contributed by atoms with Gasteiger partial charge in [-0.3, -0.25) is 14.5 Å². The Hall–Kier alpha value is -3.01. The number of aryl methyl sites for hydroxylation is 2. The second kappa shape index (κ2) is 12.8. The quantitative estimate of drug-likeness (QED) is 0.384. The number of carbonyl (C=O) groups is 3. The summed E-state index contributed by atoms with van der Waals surface area (Å²) in [5, 5.41) is 5.84. The molecule has 0 spiro atoms. The monoisotopic (exact) mass is 497 g/mol. The lowest BCUT2D eigenvalue weighted by atomic mass is 9.93. The van der Waals surface area contributed by atoms with Crippen molar-refractivity contribution in [2.24, 2.45) is 5.92 Å². The van der Waals surface area contributed by atoms with Crippen LogP contribution in [0.25, 0.3) is 0 Å². The van der Waals surface area contributed by atoms with Crippen molar-refractivity contribution in [3.8, 4) is 12.5 Å². The van der Waals surface area contributed by atoms with E-state index in [2.05, 4.69) is 16.7 Å². The molecule has 2 N–H and O–H groups in total. The van der Waals surface area contributed by atoms with Gasteiger partial charge in [-0.1, -0.05) is 64.2 Å². The number of ether oxygens (including phenoxy) is 1. The second-order valence-corrected chi connectivity index (χ2v) is 10.9. The first-order valence-electron chi connectivity index (χ1n) is 13.0. The van der Waals surface area contributed by atoms with Crippen LogP contribution in [-0.2, 0) is 14.3 Å². The van der Waals surface area contributed by atoms with Crippen LogP contribution in [0, 0.1) is 32.2 Å². The van der Waals surface area contributed by atoms with Crippen LogP contribution in [0.1, 0.15) is 95.9 Å². The molecular weight excluding hydrogens is 454 g/mol. The molecular formula is C29H43N3O4. The molecule has 0 bridgehead atoms. The highest BCUT2D eigenvalue weighted by Crippen LogP contribution is 2.27. The van der Waals surface area contributed by atoms with Crippen LogP contribution < -0.4 is 10.6 Å². The zero-order chi connectivity index (χ0) is 27.0.